The molecule has 0 atom stereocenters. The van der Waals surface area contributed by atoms with Crippen LogP contribution >= 0.6 is 7.82 Å². The molecular formula is C4H11O4P. The lowest BCUT2D eigenvalue weighted by atomic mass is 10.9. The fraction of sp³-hybridized carbons (Fsp3) is 0.500. The highest BCUT2D eigenvalue weighted by molar-refractivity contribution is 7.46. The molecule has 9 heavy (non-hydrogen) atoms. The van der Waals surface area contributed by atoms with Crippen LogP contribution in [0.3, 0.4) is 0 Å². The molecule has 56 valence electrons. The molecule has 5 heteroatoms. The van der Waals surface area contributed by atoms with Gasteiger partial charge >= 0.3 is 7.82 Å². The SMILES string of the molecule is C=C.CCOP(=O)(O)O. The highest BCUT2D eigenvalue weighted by Gasteiger charge is 2.10. The van der Waals surface area contributed by atoms with Crippen molar-refractivity contribution in [2.75, 3.05) is 6.61 Å². The molecule has 0 aliphatic carbocycles. The van der Waals surface area contributed by atoms with Crippen molar-refractivity contribution in [2.24, 2.45) is 0 Å². The lowest BCUT2D eigenvalue weighted by Crippen LogP contribution is -1.84. The second kappa shape index (κ2) is 5.98. The molecule has 0 aliphatic heterocycles. The van der Waals surface area contributed by atoms with Gasteiger partial charge in [-0.2, -0.15) is 0 Å². The minimum absolute atomic E-state index is 0.0459. The molecule has 0 amide bonds. The van der Waals surface area contributed by atoms with Crippen LogP contribution in [0.4, 0.5) is 0 Å². The van der Waals surface area contributed by atoms with Crippen molar-refractivity contribution in [3.63, 3.8) is 0 Å². The molecule has 0 spiro atoms. The molecule has 0 saturated carbocycles. The Morgan fingerprint density at radius 1 is 1.56 bits per heavy atom. The number of phosphoric ester groups is 1. The third-order valence-electron chi connectivity index (χ3n) is 0.297. The Labute approximate surface area is 54.4 Å². The number of hydrogen-bond donors (Lipinski definition) is 2. The second-order valence-electron chi connectivity index (χ2n) is 0.908. The maximum absolute atomic E-state index is 9.70. The van der Waals surface area contributed by atoms with Gasteiger partial charge < -0.3 is 9.79 Å². The summed E-state index contributed by atoms with van der Waals surface area (Å²) in [5.41, 5.74) is 0. The van der Waals surface area contributed by atoms with E-state index in [0.29, 0.717) is 0 Å². The fourth-order valence-corrected chi connectivity index (χ4v) is 0.505. The summed E-state index contributed by atoms with van der Waals surface area (Å²) in [6.07, 6.45) is 0. The Morgan fingerprint density at radius 3 is 1.89 bits per heavy atom. The predicted molar refractivity (Wildman–Crippen MR) is 34.9 cm³/mol. The van der Waals surface area contributed by atoms with Gasteiger partial charge in [-0.1, -0.05) is 0 Å². The molecule has 0 unspecified atom stereocenters. The highest BCUT2D eigenvalue weighted by Crippen LogP contribution is 2.34. The molecule has 0 heterocycles. The van der Waals surface area contributed by atoms with Crippen LogP contribution in [0, 0.1) is 0 Å². The number of phosphoric acid groups is 1. The van der Waals surface area contributed by atoms with Gasteiger partial charge in [0, 0.05) is 0 Å². The lowest BCUT2D eigenvalue weighted by Gasteiger charge is -1.98. The maximum Gasteiger partial charge on any atom is 0.469 e. The van der Waals surface area contributed by atoms with Crippen molar-refractivity contribution in [2.45, 2.75) is 6.92 Å². The maximum atomic E-state index is 9.70. The van der Waals surface area contributed by atoms with E-state index in [2.05, 4.69) is 17.7 Å². The predicted octanol–water partition coefficient (Wildman–Crippen LogP) is 0.918. The van der Waals surface area contributed by atoms with Gasteiger partial charge in [-0.15, -0.1) is 13.2 Å². The average molecular weight is 154 g/mol. The summed E-state index contributed by atoms with van der Waals surface area (Å²) in [7, 11) is -4.17. The summed E-state index contributed by atoms with van der Waals surface area (Å²) in [5, 5.41) is 0. The zero-order valence-corrected chi connectivity index (χ0v) is 6.17. The third kappa shape index (κ3) is 18.1. The molecule has 0 bridgehead atoms. The van der Waals surface area contributed by atoms with Gasteiger partial charge in [0.2, 0.25) is 0 Å². The summed E-state index contributed by atoms with van der Waals surface area (Å²) in [4.78, 5) is 15.8. The average Bonchev–Trinajstić information content (AvgIpc) is 1.69. The molecule has 0 aliphatic rings. The molecule has 0 radical (unpaired) electrons. The second-order valence-corrected chi connectivity index (χ2v) is 2.15. The van der Waals surface area contributed by atoms with Crippen molar-refractivity contribution in [3.05, 3.63) is 13.2 Å². The smallest absolute Gasteiger partial charge is 0.303 e. The summed E-state index contributed by atoms with van der Waals surface area (Å²) >= 11 is 0. The Morgan fingerprint density at radius 2 is 1.89 bits per heavy atom. The zero-order chi connectivity index (χ0) is 7.91. The molecule has 0 fully saturated rings. The number of rotatable bonds is 2. The quantitative estimate of drug-likeness (QED) is 0.458. The van der Waals surface area contributed by atoms with Gasteiger partial charge in [0.15, 0.2) is 0 Å². The molecular weight excluding hydrogens is 143 g/mol. The highest BCUT2D eigenvalue weighted by atomic mass is 31.2. The van der Waals surface area contributed by atoms with Crippen LogP contribution in [0.1, 0.15) is 6.92 Å². The van der Waals surface area contributed by atoms with Crippen LogP contribution in [-0.2, 0) is 9.09 Å². The largest absolute Gasteiger partial charge is 0.469 e. The van der Waals surface area contributed by atoms with E-state index in [4.69, 9.17) is 9.79 Å². The molecule has 0 rings (SSSR count). The normalized spacial score (nSPS) is 9.67. The first kappa shape index (κ1) is 11.6. The van der Waals surface area contributed by atoms with Crippen LogP contribution in [0.25, 0.3) is 0 Å². The first-order chi connectivity index (χ1) is 4.06. The summed E-state index contributed by atoms with van der Waals surface area (Å²) < 4.78 is 13.6. The monoisotopic (exact) mass is 154 g/mol. The van der Waals surface area contributed by atoms with E-state index in [1.54, 1.807) is 0 Å². The van der Waals surface area contributed by atoms with E-state index < -0.39 is 7.82 Å². The topological polar surface area (TPSA) is 66.8 Å². The van der Waals surface area contributed by atoms with Crippen molar-refractivity contribution < 1.29 is 18.9 Å². The van der Waals surface area contributed by atoms with Crippen LogP contribution < -0.4 is 0 Å². The van der Waals surface area contributed by atoms with Crippen molar-refractivity contribution in [1.82, 2.24) is 0 Å². The molecule has 0 aromatic heterocycles. The first-order valence-electron chi connectivity index (χ1n) is 2.26. The third-order valence-corrected chi connectivity index (χ3v) is 0.892. The Hall–Kier alpha value is -0.150. The van der Waals surface area contributed by atoms with Gasteiger partial charge in [0.25, 0.3) is 0 Å². The van der Waals surface area contributed by atoms with Crippen molar-refractivity contribution >= 4 is 7.82 Å². The summed E-state index contributed by atoms with van der Waals surface area (Å²) in [6, 6.07) is 0. The van der Waals surface area contributed by atoms with Gasteiger partial charge in [-0.05, 0) is 6.92 Å². The van der Waals surface area contributed by atoms with Gasteiger partial charge in [-0.25, -0.2) is 4.57 Å². The van der Waals surface area contributed by atoms with Crippen LogP contribution in [0.2, 0.25) is 0 Å². The van der Waals surface area contributed by atoms with Crippen LogP contribution in [0.5, 0.6) is 0 Å². The Balaban J connectivity index is 0. The Kier molecular flexibility index (Phi) is 7.72. The lowest BCUT2D eigenvalue weighted by molar-refractivity contribution is 0.206. The first-order valence-corrected chi connectivity index (χ1v) is 3.79. The van der Waals surface area contributed by atoms with E-state index in [-0.39, 0.29) is 6.61 Å². The van der Waals surface area contributed by atoms with E-state index in [0.717, 1.165) is 0 Å². The molecule has 2 N–H and O–H groups in total. The minimum atomic E-state index is -4.17. The van der Waals surface area contributed by atoms with Gasteiger partial charge in [0.1, 0.15) is 0 Å². The van der Waals surface area contributed by atoms with E-state index in [9.17, 15) is 4.57 Å². The van der Waals surface area contributed by atoms with Crippen molar-refractivity contribution in [1.29, 1.82) is 0 Å². The summed E-state index contributed by atoms with van der Waals surface area (Å²) in [5.74, 6) is 0. The van der Waals surface area contributed by atoms with E-state index in [1.165, 1.54) is 6.92 Å². The van der Waals surface area contributed by atoms with Crippen LogP contribution in [-0.4, -0.2) is 16.4 Å². The van der Waals surface area contributed by atoms with Gasteiger partial charge in [0.05, 0.1) is 6.61 Å². The van der Waals surface area contributed by atoms with Crippen molar-refractivity contribution in [3.8, 4) is 0 Å². The molecule has 0 aromatic rings. The molecule has 0 aromatic carbocycles. The van der Waals surface area contributed by atoms with E-state index >= 15 is 0 Å². The number of hydrogen-bond acceptors (Lipinski definition) is 2. The van der Waals surface area contributed by atoms with E-state index in [1.807, 2.05) is 0 Å². The fourth-order valence-electron chi connectivity index (χ4n) is 0.168. The minimum Gasteiger partial charge on any atom is -0.303 e. The zero-order valence-electron chi connectivity index (χ0n) is 5.28. The molecule has 4 nitrogen and oxygen atoms in total. The van der Waals surface area contributed by atoms with Gasteiger partial charge in [-0.3, -0.25) is 4.52 Å². The molecule has 0 saturated heterocycles. The van der Waals surface area contributed by atoms with Crippen LogP contribution in [0.15, 0.2) is 13.2 Å². The summed E-state index contributed by atoms with van der Waals surface area (Å²) in [6.45, 7) is 7.56. The standard InChI is InChI=1S/C2H7O4P.C2H4/c1-2-6-7(3,4)5;1-2/h2H2,1H3,(H2,3,4,5);1-2H2. The Bertz CT molecular complexity index is 96.7.